The second-order valence-corrected chi connectivity index (χ2v) is 8.70. The molecule has 0 aliphatic heterocycles. The van der Waals surface area contributed by atoms with E-state index in [0.717, 1.165) is 11.3 Å². The van der Waals surface area contributed by atoms with E-state index in [9.17, 15) is 14.7 Å². The quantitative estimate of drug-likeness (QED) is 0.673. The van der Waals surface area contributed by atoms with Crippen molar-refractivity contribution in [3.05, 3.63) is 15.8 Å². The van der Waals surface area contributed by atoms with Crippen LogP contribution in [0.3, 0.4) is 0 Å². The molecule has 1 heterocycles. The molecule has 28 heavy (non-hydrogen) atoms. The first-order chi connectivity index (χ1) is 12.7. The molecule has 1 aromatic heterocycles. The van der Waals surface area contributed by atoms with Crippen LogP contribution in [0.2, 0.25) is 0 Å². The number of carbonyl (C=O) groups is 2. The van der Waals surface area contributed by atoms with Gasteiger partial charge in [-0.1, -0.05) is 57.8 Å². The van der Waals surface area contributed by atoms with Gasteiger partial charge in [0, 0.05) is 18.9 Å². The van der Waals surface area contributed by atoms with E-state index in [-0.39, 0.29) is 42.5 Å². The van der Waals surface area contributed by atoms with E-state index < -0.39 is 5.97 Å². The maximum absolute atomic E-state index is 11.6. The number of thiophene rings is 1. The van der Waals surface area contributed by atoms with Crippen molar-refractivity contribution in [3.8, 4) is 11.8 Å². The number of aliphatic hydroxyl groups excluding tert-OH is 1. The molecule has 2 N–H and O–H groups in total. The minimum absolute atomic E-state index is 0. The Bertz CT molecular complexity index is 676. The van der Waals surface area contributed by atoms with E-state index in [1.807, 2.05) is 20.8 Å². The molecular formula is C22H35NO4S. The van der Waals surface area contributed by atoms with Gasteiger partial charge in [-0.3, -0.25) is 4.79 Å². The van der Waals surface area contributed by atoms with E-state index in [1.165, 1.54) is 50.3 Å². The van der Waals surface area contributed by atoms with Crippen LogP contribution >= 0.6 is 11.3 Å². The van der Waals surface area contributed by atoms with Crippen molar-refractivity contribution in [2.24, 2.45) is 5.41 Å². The molecule has 1 aliphatic carbocycles. The summed E-state index contributed by atoms with van der Waals surface area (Å²) >= 11 is 1.03. The standard InChI is InChI=1S/C15H19NO4S.C6H12.CH4/c1-10(18)16(7-8-17)12-9-11(5-6-15(2,3)4)21-13(12)14(19)20;1-2-4-6-5-3-1;/h9,17H,7-8H2,1-4H3,(H,19,20);1-6H2;1H4. The third-order valence-corrected chi connectivity index (χ3v) is 4.99. The lowest BCUT2D eigenvalue weighted by atomic mass is 9.98. The molecule has 1 amide bonds. The summed E-state index contributed by atoms with van der Waals surface area (Å²) in [6.45, 7) is 7.02. The molecule has 1 aromatic rings. The van der Waals surface area contributed by atoms with Crippen molar-refractivity contribution in [1.29, 1.82) is 0 Å². The van der Waals surface area contributed by atoms with Gasteiger partial charge in [-0.25, -0.2) is 4.79 Å². The molecule has 0 saturated heterocycles. The van der Waals surface area contributed by atoms with Gasteiger partial charge >= 0.3 is 5.97 Å². The van der Waals surface area contributed by atoms with Gasteiger partial charge in [0.15, 0.2) is 0 Å². The van der Waals surface area contributed by atoms with Gasteiger partial charge in [-0.15, -0.1) is 11.3 Å². The number of hydrogen-bond acceptors (Lipinski definition) is 4. The Labute approximate surface area is 173 Å². The lowest BCUT2D eigenvalue weighted by Crippen LogP contribution is -2.32. The second-order valence-electron chi connectivity index (χ2n) is 7.65. The van der Waals surface area contributed by atoms with Crippen LogP contribution in [0.15, 0.2) is 6.07 Å². The van der Waals surface area contributed by atoms with Gasteiger partial charge in [-0.05, 0) is 26.8 Å². The number of nitrogens with zero attached hydrogens (tertiary/aromatic N) is 1. The molecule has 1 saturated carbocycles. The van der Waals surface area contributed by atoms with E-state index in [0.29, 0.717) is 4.88 Å². The molecular weight excluding hydrogens is 374 g/mol. The molecule has 0 radical (unpaired) electrons. The number of carboxylic acid groups (broad SMARTS) is 1. The summed E-state index contributed by atoms with van der Waals surface area (Å²) in [5.41, 5.74) is 0.0890. The number of carbonyl (C=O) groups excluding carboxylic acids is 1. The van der Waals surface area contributed by atoms with Crippen LogP contribution in [-0.2, 0) is 4.79 Å². The first-order valence-corrected chi connectivity index (χ1v) is 10.3. The van der Waals surface area contributed by atoms with Crippen LogP contribution in [0.1, 0.15) is 88.2 Å². The van der Waals surface area contributed by atoms with Gasteiger partial charge in [0.25, 0.3) is 0 Å². The summed E-state index contributed by atoms with van der Waals surface area (Å²) in [7, 11) is 0. The highest BCUT2D eigenvalue weighted by molar-refractivity contribution is 7.15. The molecule has 0 spiro atoms. The van der Waals surface area contributed by atoms with Gasteiger partial charge in [0.05, 0.1) is 17.2 Å². The predicted molar refractivity (Wildman–Crippen MR) is 117 cm³/mol. The Kier molecular flexibility index (Phi) is 11.8. The average Bonchev–Trinajstić information content (AvgIpc) is 3.03. The van der Waals surface area contributed by atoms with Crippen molar-refractivity contribution >= 4 is 28.9 Å². The zero-order valence-corrected chi connectivity index (χ0v) is 17.6. The van der Waals surface area contributed by atoms with E-state index in [2.05, 4.69) is 11.8 Å². The largest absolute Gasteiger partial charge is 0.477 e. The third kappa shape index (κ3) is 9.38. The van der Waals surface area contributed by atoms with E-state index in [1.54, 1.807) is 6.07 Å². The summed E-state index contributed by atoms with van der Waals surface area (Å²) in [5.74, 6) is 4.55. The molecule has 0 atom stereocenters. The highest BCUT2D eigenvalue weighted by atomic mass is 32.1. The molecule has 1 aliphatic rings. The number of anilines is 1. The molecule has 5 nitrogen and oxygen atoms in total. The zero-order chi connectivity index (χ0) is 20.4. The molecule has 6 heteroatoms. The van der Waals surface area contributed by atoms with E-state index in [4.69, 9.17) is 5.11 Å². The fourth-order valence-corrected chi connectivity index (χ4v) is 3.51. The summed E-state index contributed by atoms with van der Waals surface area (Å²) in [4.78, 5) is 24.8. The van der Waals surface area contributed by atoms with Gasteiger partial charge in [0.2, 0.25) is 5.91 Å². The minimum atomic E-state index is -1.11. The molecule has 0 unspecified atom stereocenters. The number of aliphatic hydroxyl groups is 1. The minimum Gasteiger partial charge on any atom is -0.477 e. The highest BCUT2D eigenvalue weighted by Gasteiger charge is 2.22. The molecule has 1 fully saturated rings. The predicted octanol–water partition coefficient (Wildman–Crippen LogP) is 5.17. The monoisotopic (exact) mass is 409 g/mol. The molecule has 0 aromatic carbocycles. The Hall–Kier alpha value is -1.84. The summed E-state index contributed by atoms with van der Waals surface area (Å²) in [6, 6.07) is 1.59. The average molecular weight is 410 g/mol. The van der Waals surface area contributed by atoms with Crippen LogP contribution < -0.4 is 4.90 Å². The van der Waals surface area contributed by atoms with Crippen molar-refractivity contribution in [1.82, 2.24) is 0 Å². The van der Waals surface area contributed by atoms with Crippen LogP contribution in [0.5, 0.6) is 0 Å². The maximum Gasteiger partial charge on any atom is 0.348 e. The van der Waals surface area contributed by atoms with Crippen LogP contribution in [0, 0.1) is 17.3 Å². The topological polar surface area (TPSA) is 77.8 Å². The Morgan fingerprint density at radius 3 is 2.00 bits per heavy atom. The van der Waals surface area contributed by atoms with Gasteiger partial charge in [0.1, 0.15) is 4.88 Å². The first-order valence-electron chi connectivity index (χ1n) is 9.45. The summed E-state index contributed by atoms with van der Waals surface area (Å²) in [5, 5.41) is 18.3. The Morgan fingerprint density at radius 1 is 1.14 bits per heavy atom. The third-order valence-electron chi connectivity index (χ3n) is 3.96. The SMILES string of the molecule is C.C1CCCCC1.CC(=O)N(CCO)c1cc(C#CC(C)(C)C)sc1C(=O)O. The van der Waals surface area contributed by atoms with Crippen molar-refractivity contribution in [3.63, 3.8) is 0 Å². The number of aromatic carboxylic acids is 1. The number of carboxylic acids is 1. The fourth-order valence-electron chi connectivity index (χ4n) is 2.65. The molecule has 2 rings (SSSR count). The van der Waals surface area contributed by atoms with Gasteiger partial charge < -0.3 is 15.1 Å². The first kappa shape index (κ1) is 26.2. The normalized spacial score (nSPS) is 13.2. The lowest BCUT2D eigenvalue weighted by molar-refractivity contribution is -0.116. The number of amides is 1. The Morgan fingerprint density at radius 2 is 1.64 bits per heavy atom. The number of rotatable bonds is 4. The van der Waals surface area contributed by atoms with Crippen molar-refractivity contribution in [2.75, 3.05) is 18.1 Å². The lowest BCUT2D eigenvalue weighted by Gasteiger charge is -2.19. The highest BCUT2D eigenvalue weighted by Crippen LogP contribution is 2.30. The van der Waals surface area contributed by atoms with Crippen molar-refractivity contribution in [2.45, 2.75) is 73.6 Å². The van der Waals surface area contributed by atoms with Crippen molar-refractivity contribution < 1.29 is 19.8 Å². The Balaban J connectivity index is 0.000000884. The number of hydrogen-bond donors (Lipinski definition) is 2. The van der Waals surface area contributed by atoms with E-state index >= 15 is 0 Å². The van der Waals surface area contributed by atoms with Gasteiger partial charge in [-0.2, -0.15) is 0 Å². The zero-order valence-electron chi connectivity index (χ0n) is 16.8. The van der Waals surface area contributed by atoms with Crippen LogP contribution in [0.25, 0.3) is 0 Å². The van der Waals surface area contributed by atoms with Crippen LogP contribution in [0.4, 0.5) is 5.69 Å². The maximum atomic E-state index is 11.6. The fraction of sp³-hybridized carbons (Fsp3) is 0.636. The summed E-state index contributed by atoms with van der Waals surface area (Å²) < 4.78 is 0. The summed E-state index contributed by atoms with van der Waals surface area (Å²) in [6.07, 6.45) is 9.00. The second kappa shape index (κ2) is 12.6. The van der Waals surface area contributed by atoms with Crippen LogP contribution in [-0.4, -0.2) is 35.2 Å². The smallest absolute Gasteiger partial charge is 0.348 e. The molecule has 158 valence electrons. The molecule has 0 bridgehead atoms.